The zero-order valence-electron chi connectivity index (χ0n) is 20.1. The lowest BCUT2D eigenvalue weighted by Gasteiger charge is -2.39. The van der Waals surface area contributed by atoms with E-state index < -0.39 is 23.1 Å². The van der Waals surface area contributed by atoms with Gasteiger partial charge in [0.25, 0.3) is 0 Å². The van der Waals surface area contributed by atoms with E-state index in [1.165, 1.54) is 16.0 Å². The van der Waals surface area contributed by atoms with Crippen molar-refractivity contribution in [2.75, 3.05) is 13.7 Å². The smallest absolute Gasteiger partial charge is 0.407 e. The number of alkyl carbamates (subject to hydrolysis) is 1. The predicted molar refractivity (Wildman–Crippen MR) is 131 cm³/mol. The van der Waals surface area contributed by atoms with Crippen molar-refractivity contribution in [3.8, 4) is 11.1 Å². The lowest BCUT2D eigenvalue weighted by atomic mass is 9.79. The lowest BCUT2D eigenvalue weighted by Crippen LogP contribution is -2.54. The van der Waals surface area contributed by atoms with Crippen molar-refractivity contribution >= 4 is 18.0 Å². The van der Waals surface area contributed by atoms with E-state index >= 15 is 0 Å². The Hall–Kier alpha value is -3.35. The highest BCUT2D eigenvalue weighted by molar-refractivity contribution is 5.90. The van der Waals surface area contributed by atoms with Crippen molar-refractivity contribution in [3.05, 3.63) is 59.7 Å². The maximum absolute atomic E-state index is 13.1. The fourth-order valence-electron chi connectivity index (χ4n) is 5.88. The molecule has 35 heavy (non-hydrogen) atoms. The van der Waals surface area contributed by atoms with Crippen LogP contribution in [0.5, 0.6) is 0 Å². The van der Waals surface area contributed by atoms with Crippen LogP contribution in [0.25, 0.3) is 11.1 Å². The molecule has 0 heterocycles. The average Bonchev–Trinajstić information content (AvgIpc) is 3.61. The van der Waals surface area contributed by atoms with Gasteiger partial charge in [0.05, 0.1) is 12.0 Å². The van der Waals surface area contributed by atoms with E-state index in [1.54, 1.807) is 7.05 Å². The van der Waals surface area contributed by atoms with Gasteiger partial charge < -0.3 is 20.1 Å². The highest BCUT2D eigenvalue weighted by Crippen LogP contribution is 2.45. The van der Waals surface area contributed by atoms with Crippen LogP contribution in [0.3, 0.4) is 0 Å². The fraction of sp³-hybridized carbons (Fsp3) is 0.464. The monoisotopic (exact) mass is 476 g/mol. The number of carboxylic acids is 1. The highest BCUT2D eigenvalue weighted by Gasteiger charge is 2.56. The minimum atomic E-state index is -1.09. The number of likely N-dealkylation sites (N-methyl/N-ethyl adjacent to an activating group) is 1. The molecular weight excluding hydrogens is 444 g/mol. The summed E-state index contributed by atoms with van der Waals surface area (Å²) in [6, 6.07) is 16.4. The molecule has 2 aromatic carbocycles. The van der Waals surface area contributed by atoms with Crippen molar-refractivity contribution in [2.45, 2.75) is 68.4 Å². The summed E-state index contributed by atoms with van der Waals surface area (Å²) in [4.78, 5) is 39.2. The number of carbonyl (C=O) groups is 3. The number of aliphatic carboxylic acids is 1. The van der Waals surface area contributed by atoms with Gasteiger partial charge in [0.15, 0.2) is 0 Å². The zero-order valence-corrected chi connectivity index (χ0v) is 20.1. The molecule has 0 radical (unpaired) electrons. The Morgan fingerprint density at radius 1 is 0.943 bits per heavy atom. The molecule has 2 saturated carbocycles. The number of rotatable bonds is 7. The third-order valence-electron chi connectivity index (χ3n) is 8.15. The molecule has 3 aliphatic carbocycles. The number of amides is 2. The van der Waals surface area contributed by atoms with Gasteiger partial charge in [-0.3, -0.25) is 4.79 Å². The summed E-state index contributed by atoms with van der Waals surface area (Å²) in [6.07, 6.45) is 4.72. The first-order valence-corrected chi connectivity index (χ1v) is 12.5. The third-order valence-corrected chi connectivity index (χ3v) is 8.15. The number of benzene rings is 2. The number of ether oxygens (including phenoxy) is 1. The van der Waals surface area contributed by atoms with Crippen LogP contribution in [0.1, 0.15) is 68.4 Å². The van der Waals surface area contributed by atoms with E-state index in [1.807, 2.05) is 24.3 Å². The van der Waals surface area contributed by atoms with Gasteiger partial charge in [0.2, 0.25) is 5.91 Å². The Kier molecular flexibility index (Phi) is 6.03. The van der Waals surface area contributed by atoms with Crippen LogP contribution in [0, 0.1) is 0 Å². The van der Waals surface area contributed by atoms with Gasteiger partial charge in [-0.15, -0.1) is 0 Å². The molecule has 0 spiro atoms. The zero-order chi connectivity index (χ0) is 24.6. The molecule has 2 N–H and O–H groups in total. The number of nitrogens with zero attached hydrogens (tertiary/aromatic N) is 1. The van der Waals surface area contributed by atoms with Crippen molar-refractivity contribution in [2.24, 2.45) is 0 Å². The fourth-order valence-corrected chi connectivity index (χ4v) is 5.88. The first kappa shape index (κ1) is 23.4. The van der Waals surface area contributed by atoms with E-state index in [4.69, 9.17) is 4.74 Å². The molecule has 3 aliphatic rings. The van der Waals surface area contributed by atoms with Gasteiger partial charge in [0.1, 0.15) is 12.1 Å². The number of carboxylic acid groups (broad SMARTS) is 1. The molecule has 2 amide bonds. The van der Waals surface area contributed by atoms with Crippen LogP contribution in [0.2, 0.25) is 0 Å². The van der Waals surface area contributed by atoms with Gasteiger partial charge in [-0.2, -0.15) is 0 Å². The molecule has 0 aromatic heterocycles. The Labute approximate surface area is 205 Å². The van der Waals surface area contributed by atoms with Crippen LogP contribution >= 0.6 is 0 Å². The minimum Gasteiger partial charge on any atom is -0.479 e. The Morgan fingerprint density at radius 3 is 2.06 bits per heavy atom. The summed E-state index contributed by atoms with van der Waals surface area (Å²) < 4.78 is 5.76. The maximum Gasteiger partial charge on any atom is 0.407 e. The van der Waals surface area contributed by atoms with Gasteiger partial charge in [0, 0.05) is 13.0 Å². The molecule has 0 unspecified atom stereocenters. The molecule has 0 saturated heterocycles. The Bertz CT molecular complexity index is 1100. The summed E-state index contributed by atoms with van der Waals surface area (Å²) in [5.41, 5.74) is 2.84. The highest BCUT2D eigenvalue weighted by atomic mass is 16.5. The molecule has 5 rings (SSSR count). The van der Waals surface area contributed by atoms with Crippen LogP contribution in [-0.2, 0) is 14.3 Å². The average molecular weight is 477 g/mol. The van der Waals surface area contributed by atoms with Gasteiger partial charge >= 0.3 is 12.1 Å². The normalized spacial score (nSPS) is 19.2. The first-order chi connectivity index (χ1) is 16.9. The van der Waals surface area contributed by atoms with Crippen molar-refractivity contribution in [3.63, 3.8) is 0 Å². The van der Waals surface area contributed by atoms with E-state index in [0.717, 1.165) is 30.4 Å². The van der Waals surface area contributed by atoms with Crippen LogP contribution < -0.4 is 5.32 Å². The van der Waals surface area contributed by atoms with Gasteiger partial charge in [-0.1, -0.05) is 67.8 Å². The summed E-state index contributed by atoms with van der Waals surface area (Å²) >= 11 is 0. The van der Waals surface area contributed by atoms with E-state index in [2.05, 4.69) is 29.6 Å². The lowest BCUT2D eigenvalue weighted by molar-refractivity contribution is -0.151. The van der Waals surface area contributed by atoms with E-state index in [-0.39, 0.29) is 24.9 Å². The molecule has 2 aromatic rings. The predicted octanol–water partition coefficient (Wildman–Crippen LogP) is 4.69. The molecule has 0 bridgehead atoms. The number of hydrogen-bond donors (Lipinski definition) is 2. The third kappa shape index (κ3) is 4.28. The second-order valence-electron chi connectivity index (χ2n) is 10.3. The first-order valence-electron chi connectivity index (χ1n) is 12.5. The van der Waals surface area contributed by atoms with E-state index in [9.17, 15) is 19.5 Å². The largest absolute Gasteiger partial charge is 0.479 e. The Morgan fingerprint density at radius 2 is 1.51 bits per heavy atom. The van der Waals surface area contributed by atoms with Crippen molar-refractivity contribution in [1.82, 2.24) is 10.2 Å². The van der Waals surface area contributed by atoms with Gasteiger partial charge in [-0.25, -0.2) is 9.59 Å². The molecule has 0 atom stereocenters. The molecule has 7 nitrogen and oxygen atoms in total. The standard InChI is InChI=1S/C28H32N2O5/c1-30(28(15-16-28)25(32)33)24(31)17-27(13-7-2-8-14-27)29-26(34)35-18-23-21-11-5-3-9-19(21)20-10-4-6-12-22(20)23/h3-6,9-12,23H,2,7-8,13-18H2,1H3,(H,29,34)(H,32,33). The maximum atomic E-state index is 13.1. The number of carbonyl (C=O) groups excluding carboxylic acids is 2. The van der Waals surface area contributed by atoms with Crippen molar-refractivity contribution in [1.29, 1.82) is 0 Å². The number of nitrogens with one attached hydrogen (secondary N) is 1. The van der Waals surface area contributed by atoms with Crippen LogP contribution in [-0.4, -0.2) is 52.7 Å². The molecule has 0 aliphatic heterocycles. The van der Waals surface area contributed by atoms with Gasteiger partial charge in [-0.05, 0) is 47.9 Å². The van der Waals surface area contributed by atoms with Crippen LogP contribution in [0.15, 0.2) is 48.5 Å². The quantitative estimate of drug-likeness (QED) is 0.604. The number of fused-ring (bicyclic) bond motifs is 3. The number of hydrogen-bond acceptors (Lipinski definition) is 4. The Balaban J connectivity index is 1.27. The summed E-state index contributed by atoms with van der Waals surface area (Å²) in [7, 11) is 1.56. The molecule has 2 fully saturated rings. The second kappa shape index (κ2) is 9.02. The summed E-state index contributed by atoms with van der Waals surface area (Å²) in [5, 5.41) is 12.6. The van der Waals surface area contributed by atoms with Crippen LogP contribution in [0.4, 0.5) is 4.79 Å². The van der Waals surface area contributed by atoms with E-state index in [0.29, 0.717) is 25.7 Å². The summed E-state index contributed by atoms with van der Waals surface area (Å²) in [5.74, 6) is -1.24. The SMILES string of the molecule is CN(C(=O)CC1(NC(=O)OCC2c3ccccc3-c3ccccc32)CCCCC1)C1(C(=O)O)CC1. The summed E-state index contributed by atoms with van der Waals surface area (Å²) in [6.45, 7) is 0.214. The molecular formula is C28H32N2O5. The molecule has 184 valence electrons. The minimum absolute atomic E-state index is 0.0338. The van der Waals surface area contributed by atoms with Crippen molar-refractivity contribution < 1.29 is 24.2 Å². The molecule has 7 heteroatoms. The topological polar surface area (TPSA) is 95.9 Å². The second-order valence-corrected chi connectivity index (χ2v) is 10.3.